The Kier molecular flexibility index (Phi) is 3.29. The average Bonchev–Trinajstić information content (AvgIpc) is 3.03. The first kappa shape index (κ1) is 13.5. The number of benzene rings is 1. The van der Waals surface area contributed by atoms with E-state index in [2.05, 4.69) is 18.9 Å². The fourth-order valence-electron chi connectivity index (χ4n) is 2.33. The molecule has 0 spiro atoms. The van der Waals surface area contributed by atoms with Gasteiger partial charge in [-0.2, -0.15) is 5.10 Å². The Labute approximate surface area is 121 Å². The van der Waals surface area contributed by atoms with Crippen LogP contribution in [0, 0.1) is 5.92 Å². The Balaban J connectivity index is 2.05. The van der Waals surface area contributed by atoms with Crippen LogP contribution < -0.4 is 9.47 Å². The highest BCUT2D eigenvalue weighted by Crippen LogP contribution is 2.34. The molecule has 0 saturated heterocycles. The normalized spacial score (nSPS) is 12.9. The summed E-state index contributed by atoms with van der Waals surface area (Å²) in [5.74, 6) is 0.709. The molecule has 1 N–H and O–H groups in total. The average molecular weight is 288 g/mol. The number of aromatic carboxylic acids is 1. The number of hydrogen-bond acceptors (Lipinski definition) is 4. The molecule has 3 rings (SSSR count). The third-order valence-electron chi connectivity index (χ3n) is 3.22. The smallest absolute Gasteiger partial charge is 0.356 e. The van der Waals surface area contributed by atoms with Crippen LogP contribution in [-0.2, 0) is 6.42 Å². The number of nitrogens with zero attached hydrogens (tertiary/aromatic N) is 2. The molecule has 0 atom stereocenters. The number of rotatable bonds is 4. The van der Waals surface area contributed by atoms with E-state index in [0.29, 0.717) is 17.4 Å². The van der Waals surface area contributed by atoms with Gasteiger partial charge in [-0.3, -0.25) is 0 Å². The molecular weight excluding hydrogens is 272 g/mol. The van der Waals surface area contributed by atoms with Crippen molar-refractivity contribution in [3.8, 4) is 17.2 Å². The van der Waals surface area contributed by atoms with Gasteiger partial charge < -0.3 is 14.6 Å². The van der Waals surface area contributed by atoms with E-state index in [9.17, 15) is 4.79 Å². The van der Waals surface area contributed by atoms with Gasteiger partial charge in [-0.25, -0.2) is 9.48 Å². The first-order chi connectivity index (χ1) is 10.0. The Morgan fingerprint density at radius 2 is 2.10 bits per heavy atom. The van der Waals surface area contributed by atoms with Crippen LogP contribution in [0.25, 0.3) is 5.69 Å². The van der Waals surface area contributed by atoms with E-state index < -0.39 is 5.97 Å². The molecule has 0 amide bonds. The molecule has 0 fully saturated rings. The quantitative estimate of drug-likeness (QED) is 0.935. The summed E-state index contributed by atoms with van der Waals surface area (Å²) >= 11 is 0. The molecule has 0 aliphatic carbocycles. The predicted molar refractivity (Wildman–Crippen MR) is 75.2 cm³/mol. The Bertz CT molecular complexity index is 691. The van der Waals surface area contributed by atoms with Gasteiger partial charge in [0, 0.05) is 11.8 Å². The van der Waals surface area contributed by atoms with Crippen LogP contribution in [-0.4, -0.2) is 27.6 Å². The molecule has 1 aliphatic heterocycles. The van der Waals surface area contributed by atoms with E-state index in [-0.39, 0.29) is 12.5 Å². The lowest BCUT2D eigenvalue weighted by Crippen LogP contribution is -2.06. The second kappa shape index (κ2) is 5.12. The summed E-state index contributed by atoms with van der Waals surface area (Å²) in [5.41, 5.74) is 1.67. The van der Waals surface area contributed by atoms with E-state index in [1.54, 1.807) is 16.8 Å². The molecule has 0 unspecified atom stereocenters. The summed E-state index contributed by atoms with van der Waals surface area (Å²) in [7, 11) is 0. The van der Waals surface area contributed by atoms with Gasteiger partial charge in [0.15, 0.2) is 17.2 Å². The standard InChI is InChI=1S/C15H16N2O4/c1-9(2)5-11-6-12(15(18)19)16-17(11)10-3-4-13-14(7-10)21-8-20-13/h3-4,6-7,9H,5,8H2,1-2H3,(H,18,19). The largest absolute Gasteiger partial charge is 0.476 e. The van der Waals surface area contributed by atoms with Crippen LogP contribution in [0.4, 0.5) is 0 Å². The van der Waals surface area contributed by atoms with Crippen molar-refractivity contribution in [1.29, 1.82) is 0 Å². The van der Waals surface area contributed by atoms with E-state index >= 15 is 0 Å². The Hall–Kier alpha value is -2.50. The van der Waals surface area contributed by atoms with E-state index in [1.807, 2.05) is 12.1 Å². The van der Waals surface area contributed by atoms with Crippen LogP contribution in [0.1, 0.15) is 30.0 Å². The maximum atomic E-state index is 11.2. The van der Waals surface area contributed by atoms with Crippen LogP contribution in [0.5, 0.6) is 11.5 Å². The fraction of sp³-hybridized carbons (Fsp3) is 0.333. The maximum Gasteiger partial charge on any atom is 0.356 e. The lowest BCUT2D eigenvalue weighted by molar-refractivity contribution is 0.0690. The first-order valence-corrected chi connectivity index (χ1v) is 6.77. The minimum absolute atomic E-state index is 0.0447. The van der Waals surface area contributed by atoms with Crippen LogP contribution >= 0.6 is 0 Å². The molecule has 6 heteroatoms. The van der Waals surface area contributed by atoms with Crippen molar-refractivity contribution in [3.63, 3.8) is 0 Å². The number of fused-ring (bicyclic) bond motifs is 1. The molecule has 6 nitrogen and oxygen atoms in total. The van der Waals surface area contributed by atoms with Gasteiger partial charge >= 0.3 is 5.97 Å². The lowest BCUT2D eigenvalue weighted by atomic mass is 10.1. The molecule has 2 heterocycles. The van der Waals surface area contributed by atoms with Crippen molar-refractivity contribution in [2.75, 3.05) is 6.79 Å². The predicted octanol–water partition coefficient (Wildman–Crippen LogP) is 2.50. The molecule has 110 valence electrons. The number of carboxylic acids is 1. The number of carbonyl (C=O) groups is 1. The topological polar surface area (TPSA) is 73.6 Å². The number of carboxylic acid groups (broad SMARTS) is 1. The van der Waals surface area contributed by atoms with Gasteiger partial charge in [0.2, 0.25) is 6.79 Å². The first-order valence-electron chi connectivity index (χ1n) is 6.77. The van der Waals surface area contributed by atoms with E-state index in [0.717, 1.165) is 17.8 Å². The summed E-state index contributed by atoms with van der Waals surface area (Å²) in [6, 6.07) is 7.08. The zero-order valence-corrected chi connectivity index (χ0v) is 11.9. The molecular formula is C15H16N2O4. The molecule has 1 aromatic carbocycles. The van der Waals surface area contributed by atoms with Gasteiger partial charge in [0.05, 0.1) is 5.69 Å². The molecule has 1 aliphatic rings. The minimum atomic E-state index is -1.03. The van der Waals surface area contributed by atoms with Gasteiger partial charge in [0.1, 0.15) is 0 Å². The summed E-state index contributed by atoms with van der Waals surface area (Å²) in [6.45, 7) is 4.37. The second-order valence-corrected chi connectivity index (χ2v) is 5.37. The minimum Gasteiger partial charge on any atom is -0.476 e. The van der Waals surface area contributed by atoms with Gasteiger partial charge in [-0.1, -0.05) is 13.8 Å². The van der Waals surface area contributed by atoms with Crippen LogP contribution in [0.15, 0.2) is 24.3 Å². The molecule has 21 heavy (non-hydrogen) atoms. The highest BCUT2D eigenvalue weighted by molar-refractivity contribution is 5.85. The van der Waals surface area contributed by atoms with E-state index in [1.165, 1.54) is 0 Å². The lowest BCUT2D eigenvalue weighted by Gasteiger charge is -2.09. The number of aromatic nitrogens is 2. The van der Waals surface area contributed by atoms with Crippen molar-refractivity contribution in [1.82, 2.24) is 9.78 Å². The summed E-state index contributed by atoms with van der Waals surface area (Å²) < 4.78 is 12.3. The molecule has 0 saturated carbocycles. The zero-order chi connectivity index (χ0) is 15.0. The van der Waals surface area contributed by atoms with Gasteiger partial charge in [0.25, 0.3) is 0 Å². The van der Waals surface area contributed by atoms with Crippen molar-refractivity contribution in [2.45, 2.75) is 20.3 Å². The monoisotopic (exact) mass is 288 g/mol. The molecule has 0 radical (unpaired) electrons. The third-order valence-corrected chi connectivity index (χ3v) is 3.22. The Morgan fingerprint density at radius 1 is 1.33 bits per heavy atom. The maximum absolute atomic E-state index is 11.2. The third kappa shape index (κ3) is 2.56. The summed E-state index contributed by atoms with van der Waals surface area (Å²) in [4.78, 5) is 11.2. The summed E-state index contributed by atoms with van der Waals surface area (Å²) in [5, 5.41) is 13.3. The summed E-state index contributed by atoms with van der Waals surface area (Å²) in [6.07, 6.45) is 0.745. The fourth-order valence-corrected chi connectivity index (χ4v) is 2.33. The van der Waals surface area contributed by atoms with E-state index in [4.69, 9.17) is 14.6 Å². The van der Waals surface area contributed by atoms with Gasteiger partial charge in [-0.15, -0.1) is 0 Å². The zero-order valence-electron chi connectivity index (χ0n) is 11.9. The van der Waals surface area contributed by atoms with Gasteiger partial charge in [-0.05, 0) is 30.5 Å². The van der Waals surface area contributed by atoms with Crippen molar-refractivity contribution in [3.05, 3.63) is 35.7 Å². The Morgan fingerprint density at radius 3 is 2.81 bits per heavy atom. The van der Waals surface area contributed by atoms with Crippen molar-refractivity contribution < 1.29 is 19.4 Å². The molecule has 0 bridgehead atoms. The number of ether oxygens (including phenoxy) is 2. The van der Waals surface area contributed by atoms with Crippen LogP contribution in [0.3, 0.4) is 0 Å². The molecule has 2 aromatic rings. The highest BCUT2D eigenvalue weighted by Gasteiger charge is 2.18. The van der Waals surface area contributed by atoms with Crippen LogP contribution in [0.2, 0.25) is 0 Å². The SMILES string of the molecule is CC(C)Cc1cc(C(=O)O)nn1-c1ccc2c(c1)OCO2. The second-order valence-electron chi connectivity index (χ2n) is 5.37. The molecule has 1 aromatic heterocycles. The highest BCUT2D eigenvalue weighted by atomic mass is 16.7. The van der Waals surface area contributed by atoms with Crippen molar-refractivity contribution >= 4 is 5.97 Å². The number of hydrogen-bond donors (Lipinski definition) is 1. The van der Waals surface area contributed by atoms with Crippen molar-refractivity contribution in [2.24, 2.45) is 5.92 Å².